The van der Waals surface area contributed by atoms with Crippen molar-refractivity contribution in [2.45, 2.75) is 44.2 Å². The van der Waals surface area contributed by atoms with Gasteiger partial charge >= 0.3 is 0 Å². The van der Waals surface area contributed by atoms with Crippen LogP contribution in [-0.4, -0.2) is 21.6 Å². The van der Waals surface area contributed by atoms with Gasteiger partial charge in [0.15, 0.2) is 0 Å². The lowest BCUT2D eigenvalue weighted by atomic mass is 9.85. The van der Waals surface area contributed by atoms with E-state index in [0.717, 1.165) is 36.8 Å². The zero-order chi connectivity index (χ0) is 17.5. The van der Waals surface area contributed by atoms with Crippen molar-refractivity contribution in [2.75, 3.05) is 0 Å². The number of pyridine rings is 1. The molecule has 0 bridgehead atoms. The predicted molar refractivity (Wildman–Crippen MR) is 96.8 cm³/mol. The van der Waals surface area contributed by atoms with Gasteiger partial charge in [-0.15, -0.1) is 0 Å². The molecular formula is C21H22N2O2. The van der Waals surface area contributed by atoms with Crippen molar-refractivity contribution in [1.29, 1.82) is 0 Å². The summed E-state index contributed by atoms with van der Waals surface area (Å²) < 4.78 is 0. The van der Waals surface area contributed by atoms with Gasteiger partial charge in [0.25, 0.3) is 5.91 Å². The fraction of sp³-hybridized carbons (Fsp3) is 0.333. The molecular weight excluding hydrogens is 312 g/mol. The molecule has 1 saturated carbocycles. The number of nitrogens with one attached hydrogen (secondary N) is 1. The first kappa shape index (κ1) is 17.2. The predicted octanol–water partition coefficient (Wildman–Crippen LogP) is 3.06. The van der Waals surface area contributed by atoms with Crippen LogP contribution in [0.1, 0.15) is 53.6 Å². The fourth-order valence-electron chi connectivity index (χ4n) is 2.94. The second-order valence-electron chi connectivity index (χ2n) is 6.46. The zero-order valence-corrected chi connectivity index (χ0v) is 14.2. The van der Waals surface area contributed by atoms with Crippen molar-refractivity contribution < 1.29 is 9.90 Å². The smallest absolute Gasteiger partial charge is 0.251 e. The van der Waals surface area contributed by atoms with E-state index in [1.165, 1.54) is 6.42 Å². The van der Waals surface area contributed by atoms with Gasteiger partial charge in [-0.3, -0.25) is 9.78 Å². The van der Waals surface area contributed by atoms with Crippen LogP contribution in [-0.2, 0) is 6.54 Å². The maximum absolute atomic E-state index is 12.2. The number of nitrogens with zero attached hydrogens (tertiary/aromatic N) is 1. The molecule has 1 fully saturated rings. The van der Waals surface area contributed by atoms with Crippen molar-refractivity contribution in [2.24, 2.45) is 0 Å². The van der Waals surface area contributed by atoms with Crippen LogP contribution in [0.15, 0.2) is 48.8 Å². The van der Waals surface area contributed by atoms with E-state index in [1.54, 1.807) is 24.5 Å². The minimum absolute atomic E-state index is 0.130. The number of aliphatic hydroxyl groups is 1. The van der Waals surface area contributed by atoms with Gasteiger partial charge in [0, 0.05) is 30.1 Å². The highest BCUT2D eigenvalue weighted by molar-refractivity contribution is 5.94. The van der Waals surface area contributed by atoms with Crippen LogP contribution < -0.4 is 5.32 Å². The Morgan fingerprint density at radius 2 is 1.92 bits per heavy atom. The summed E-state index contributed by atoms with van der Waals surface area (Å²) in [5, 5.41) is 13.3. The number of carbonyl (C=O) groups excluding carboxylic acids is 1. The largest absolute Gasteiger partial charge is 0.378 e. The van der Waals surface area contributed by atoms with E-state index in [2.05, 4.69) is 22.1 Å². The van der Waals surface area contributed by atoms with Gasteiger partial charge in [0.1, 0.15) is 5.60 Å². The van der Waals surface area contributed by atoms with E-state index in [0.29, 0.717) is 12.1 Å². The molecule has 0 saturated heterocycles. The van der Waals surface area contributed by atoms with Gasteiger partial charge in [-0.05, 0) is 61.6 Å². The number of benzene rings is 1. The van der Waals surface area contributed by atoms with Crippen molar-refractivity contribution in [3.8, 4) is 11.8 Å². The normalized spacial score (nSPS) is 15.7. The molecule has 0 spiro atoms. The van der Waals surface area contributed by atoms with Gasteiger partial charge in [-0.1, -0.05) is 24.3 Å². The lowest BCUT2D eigenvalue weighted by Crippen LogP contribution is -2.29. The Labute approximate surface area is 148 Å². The number of hydrogen-bond donors (Lipinski definition) is 2. The number of hydrogen-bond acceptors (Lipinski definition) is 3. The molecule has 1 aliphatic rings. The van der Waals surface area contributed by atoms with E-state index in [1.807, 2.05) is 24.3 Å². The van der Waals surface area contributed by atoms with Crippen LogP contribution in [0.2, 0.25) is 0 Å². The maximum atomic E-state index is 12.2. The lowest BCUT2D eigenvalue weighted by Gasteiger charge is -2.26. The highest BCUT2D eigenvalue weighted by Crippen LogP contribution is 2.27. The minimum Gasteiger partial charge on any atom is -0.378 e. The molecule has 1 heterocycles. The molecule has 1 amide bonds. The topological polar surface area (TPSA) is 62.2 Å². The molecule has 4 nitrogen and oxygen atoms in total. The third-order valence-corrected chi connectivity index (χ3v) is 4.44. The summed E-state index contributed by atoms with van der Waals surface area (Å²) in [5.74, 6) is 5.92. The molecule has 0 radical (unpaired) electrons. The molecule has 2 N–H and O–H groups in total. The summed E-state index contributed by atoms with van der Waals surface area (Å²) in [6.07, 6.45) is 8.16. The van der Waals surface area contributed by atoms with Crippen molar-refractivity contribution in [3.05, 3.63) is 65.5 Å². The number of rotatable bonds is 3. The van der Waals surface area contributed by atoms with E-state index in [-0.39, 0.29) is 5.91 Å². The average molecular weight is 334 g/mol. The maximum Gasteiger partial charge on any atom is 0.251 e. The Balaban J connectivity index is 1.59. The molecule has 1 aliphatic carbocycles. The van der Waals surface area contributed by atoms with Crippen molar-refractivity contribution in [3.63, 3.8) is 0 Å². The molecule has 128 valence electrons. The first-order chi connectivity index (χ1) is 12.1. The third kappa shape index (κ3) is 4.91. The molecule has 4 heteroatoms. The van der Waals surface area contributed by atoms with Gasteiger partial charge in [0.2, 0.25) is 0 Å². The Hall–Kier alpha value is -2.64. The van der Waals surface area contributed by atoms with Crippen LogP contribution in [0.3, 0.4) is 0 Å². The number of aromatic nitrogens is 1. The molecule has 1 aromatic heterocycles. The number of carbonyl (C=O) groups is 1. The Morgan fingerprint density at radius 1 is 1.16 bits per heavy atom. The van der Waals surface area contributed by atoms with E-state index in [9.17, 15) is 9.90 Å². The molecule has 3 rings (SSSR count). The molecule has 1 aromatic carbocycles. The van der Waals surface area contributed by atoms with Crippen LogP contribution in [0, 0.1) is 11.8 Å². The lowest BCUT2D eigenvalue weighted by molar-refractivity contribution is 0.0610. The minimum atomic E-state index is -0.849. The Morgan fingerprint density at radius 3 is 2.60 bits per heavy atom. The summed E-state index contributed by atoms with van der Waals surface area (Å²) in [5.41, 5.74) is 1.51. The SMILES string of the molecule is O=C(NCc1cccnc1)c1ccc(C#CC2(O)CCCCC2)cc1. The Bertz CT molecular complexity index is 767. The third-order valence-electron chi connectivity index (χ3n) is 4.44. The van der Waals surface area contributed by atoms with E-state index < -0.39 is 5.60 Å². The summed E-state index contributed by atoms with van der Waals surface area (Å²) in [4.78, 5) is 16.2. The second-order valence-corrected chi connectivity index (χ2v) is 6.46. The van der Waals surface area contributed by atoms with Gasteiger partial charge < -0.3 is 10.4 Å². The van der Waals surface area contributed by atoms with Crippen LogP contribution in [0.25, 0.3) is 0 Å². The van der Waals surface area contributed by atoms with Crippen molar-refractivity contribution >= 4 is 5.91 Å². The first-order valence-electron chi connectivity index (χ1n) is 8.67. The Kier molecular flexibility index (Phi) is 5.47. The van der Waals surface area contributed by atoms with E-state index >= 15 is 0 Å². The summed E-state index contributed by atoms with van der Waals surface area (Å²) in [7, 11) is 0. The highest BCUT2D eigenvalue weighted by atomic mass is 16.3. The van der Waals surface area contributed by atoms with Crippen LogP contribution in [0.4, 0.5) is 0 Å². The first-order valence-corrected chi connectivity index (χ1v) is 8.67. The fourth-order valence-corrected chi connectivity index (χ4v) is 2.94. The number of amides is 1. The summed E-state index contributed by atoms with van der Waals surface area (Å²) >= 11 is 0. The van der Waals surface area contributed by atoms with Gasteiger partial charge in [0.05, 0.1) is 0 Å². The quantitative estimate of drug-likeness (QED) is 0.848. The van der Waals surface area contributed by atoms with Gasteiger partial charge in [-0.25, -0.2) is 0 Å². The summed E-state index contributed by atoms with van der Waals surface area (Å²) in [6, 6.07) is 10.9. The highest BCUT2D eigenvalue weighted by Gasteiger charge is 2.26. The molecule has 0 aliphatic heterocycles. The molecule has 25 heavy (non-hydrogen) atoms. The second kappa shape index (κ2) is 7.96. The van der Waals surface area contributed by atoms with Crippen molar-refractivity contribution in [1.82, 2.24) is 10.3 Å². The average Bonchev–Trinajstić information content (AvgIpc) is 2.66. The molecule has 0 atom stereocenters. The standard InChI is InChI=1S/C21H22N2O2/c24-20(23-16-18-5-4-14-22-15-18)19-8-6-17(7-9-19)10-13-21(25)11-2-1-3-12-21/h4-9,14-15,25H,1-3,11-12,16H2,(H,23,24). The molecule has 2 aromatic rings. The monoisotopic (exact) mass is 334 g/mol. The van der Waals surface area contributed by atoms with Crippen LogP contribution >= 0.6 is 0 Å². The van der Waals surface area contributed by atoms with E-state index in [4.69, 9.17) is 0 Å². The summed E-state index contributed by atoms with van der Waals surface area (Å²) in [6.45, 7) is 0.446. The molecule has 0 unspecified atom stereocenters. The van der Waals surface area contributed by atoms with Crippen LogP contribution in [0.5, 0.6) is 0 Å². The zero-order valence-electron chi connectivity index (χ0n) is 14.2. The van der Waals surface area contributed by atoms with Gasteiger partial charge in [-0.2, -0.15) is 0 Å².